The minimum Gasteiger partial charge on any atom is -0.395 e. The summed E-state index contributed by atoms with van der Waals surface area (Å²) in [4.78, 5) is 11.0. The van der Waals surface area contributed by atoms with Crippen LogP contribution in [-0.4, -0.2) is 30.2 Å². The van der Waals surface area contributed by atoms with Crippen LogP contribution in [0.25, 0.3) is 0 Å². The molecule has 1 fully saturated rings. The van der Waals surface area contributed by atoms with E-state index in [9.17, 15) is 4.79 Å². The minimum atomic E-state index is -0.0524. The lowest BCUT2D eigenvalue weighted by Crippen LogP contribution is -2.34. The van der Waals surface area contributed by atoms with Gasteiger partial charge in [-0.1, -0.05) is 0 Å². The van der Waals surface area contributed by atoms with Gasteiger partial charge in [0.25, 0.3) is 0 Å². The molecule has 0 saturated heterocycles. The number of aliphatic hydroxyl groups excluding tert-OH is 1. The van der Waals surface area contributed by atoms with Crippen LogP contribution >= 0.6 is 0 Å². The first-order valence-electron chi connectivity index (χ1n) is 4.37. The molecule has 0 spiro atoms. The molecule has 0 aromatic rings. The van der Waals surface area contributed by atoms with Gasteiger partial charge < -0.3 is 16.2 Å². The molecule has 0 aliphatic heterocycles. The number of hydrogen-bond donors (Lipinski definition) is 3. The third-order valence-electron chi connectivity index (χ3n) is 2.08. The van der Waals surface area contributed by atoms with Crippen molar-refractivity contribution in [2.75, 3.05) is 13.2 Å². The predicted octanol–water partition coefficient (Wildman–Crippen LogP) is -0.778. The molecule has 4 nitrogen and oxygen atoms in total. The Bertz CT molecular complexity index is 157. The van der Waals surface area contributed by atoms with Crippen LogP contribution in [0.4, 0.5) is 0 Å². The summed E-state index contributed by atoms with van der Waals surface area (Å²) in [7, 11) is 0. The molecule has 0 bridgehead atoms. The smallest absolute Gasteiger partial charge is 0.221 e. The highest BCUT2D eigenvalue weighted by Crippen LogP contribution is 2.32. The van der Waals surface area contributed by atoms with Crippen LogP contribution < -0.4 is 11.1 Å². The summed E-state index contributed by atoms with van der Waals surface area (Å²) in [6.07, 6.45) is 2.72. The summed E-state index contributed by atoms with van der Waals surface area (Å²) in [6, 6.07) is 0.0173. The van der Waals surface area contributed by atoms with Crippen molar-refractivity contribution in [1.82, 2.24) is 5.32 Å². The van der Waals surface area contributed by atoms with Crippen molar-refractivity contribution >= 4 is 5.91 Å². The van der Waals surface area contributed by atoms with Crippen molar-refractivity contribution in [2.24, 2.45) is 11.7 Å². The van der Waals surface area contributed by atoms with Gasteiger partial charge >= 0.3 is 0 Å². The fourth-order valence-corrected chi connectivity index (χ4v) is 1.17. The molecule has 70 valence electrons. The largest absolute Gasteiger partial charge is 0.395 e. The van der Waals surface area contributed by atoms with E-state index in [1.54, 1.807) is 0 Å². The number of nitrogens with one attached hydrogen (secondary N) is 1. The maximum atomic E-state index is 11.0. The average molecular weight is 172 g/mol. The summed E-state index contributed by atoms with van der Waals surface area (Å²) in [5.41, 5.74) is 5.73. The van der Waals surface area contributed by atoms with Crippen LogP contribution in [0.5, 0.6) is 0 Å². The molecule has 1 aliphatic rings. The van der Waals surface area contributed by atoms with Gasteiger partial charge in [0.2, 0.25) is 5.91 Å². The van der Waals surface area contributed by atoms with Gasteiger partial charge in [-0.15, -0.1) is 0 Å². The van der Waals surface area contributed by atoms with E-state index in [1.165, 1.54) is 0 Å². The Morgan fingerprint density at radius 2 is 2.33 bits per heavy atom. The molecule has 0 aromatic heterocycles. The van der Waals surface area contributed by atoms with Crippen LogP contribution in [0.1, 0.15) is 19.3 Å². The van der Waals surface area contributed by atoms with Crippen molar-refractivity contribution in [3.05, 3.63) is 0 Å². The number of amides is 1. The van der Waals surface area contributed by atoms with Crippen LogP contribution in [0.3, 0.4) is 0 Å². The molecule has 1 atom stereocenters. The van der Waals surface area contributed by atoms with E-state index in [2.05, 4.69) is 5.32 Å². The Balaban J connectivity index is 2.07. The van der Waals surface area contributed by atoms with Crippen LogP contribution in [-0.2, 0) is 4.79 Å². The molecule has 1 amide bonds. The fourth-order valence-electron chi connectivity index (χ4n) is 1.17. The summed E-state index contributed by atoms with van der Waals surface area (Å²) in [5, 5.41) is 11.0. The standard InChI is InChI=1S/C8H16N2O2/c9-7(6-1-2-6)5-8(12)10-3-4-11/h6-7,11H,1-5,9H2,(H,10,12). The average Bonchev–Trinajstić information content (AvgIpc) is 2.82. The molecule has 12 heavy (non-hydrogen) atoms. The second-order valence-electron chi connectivity index (χ2n) is 3.28. The minimum absolute atomic E-state index is 0.00952. The molecular formula is C8H16N2O2. The second kappa shape index (κ2) is 4.42. The van der Waals surface area contributed by atoms with Gasteiger partial charge in [0.15, 0.2) is 0 Å². The number of nitrogens with two attached hydrogens (primary N) is 1. The SMILES string of the molecule is NC(CC(=O)NCCO)C1CC1. The van der Waals surface area contributed by atoms with Crippen molar-refractivity contribution < 1.29 is 9.90 Å². The van der Waals surface area contributed by atoms with Gasteiger partial charge in [-0.2, -0.15) is 0 Å². The molecule has 1 unspecified atom stereocenters. The molecule has 0 heterocycles. The van der Waals surface area contributed by atoms with Gasteiger partial charge in [-0.25, -0.2) is 0 Å². The molecule has 0 radical (unpaired) electrons. The number of aliphatic hydroxyl groups is 1. The Kier molecular flexibility index (Phi) is 3.49. The highest BCUT2D eigenvalue weighted by molar-refractivity contribution is 5.76. The molecule has 1 saturated carbocycles. The molecule has 4 N–H and O–H groups in total. The zero-order chi connectivity index (χ0) is 8.97. The predicted molar refractivity (Wildman–Crippen MR) is 45.4 cm³/mol. The summed E-state index contributed by atoms with van der Waals surface area (Å²) in [5.74, 6) is 0.508. The normalized spacial score (nSPS) is 18.8. The summed E-state index contributed by atoms with van der Waals surface area (Å²) in [6.45, 7) is 0.320. The van der Waals surface area contributed by atoms with E-state index < -0.39 is 0 Å². The number of carbonyl (C=O) groups is 1. The van der Waals surface area contributed by atoms with Crippen LogP contribution in [0.2, 0.25) is 0 Å². The van der Waals surface area contributed by atoms with E-state index in [-0.39, 0.29) is 18.6 Å². The maximum absolute atomic E-state index is 11.0. The van der Waals surface area contributed by atoms with Crippen molar-refractivity contribution in [2.45, 2.75) is 25.3 Å². The van der Waals surface area contributed by atoms with E-state index >= 15 is 0 Å². The third kappa shape index (κ3) is 3.19. The first-order valence-corrected chi connectivity index (χ1v) is 4.37. The third-order valence-corrected chi connectivity index (χ3v) is 2.08. The van der Waals surface area contributed by atoms with Gasteiger partial charge in [0, 0.05) is 19.0 Å². The molecule has 1 aliphatic carbocycles. The lowest BCUT2D eigenvalue weighted by Gasteiger charge is -2.09. The first kappa shape index (κ1) is 9.48. The Morgan fingerprint density at radius 3 is 2.83 bits per heavy atom. The van der Waals surface area contributed by atoms with Crippen LogP contribution in [0, 0.1) is 5.92 Å². The quantitative estimate of drug-likeness (QED) is 0.509. The summed E-state index contributed by atoms with van der Waals surface area (Å²) >= 11 is 0. The zero-order valence-electron chi connectivity index (χ0n) is 7.12. The highest BCUT2D eigenvalue weighted by Gasteiger charge is 2.29. The van der Waals surface area contributed by atoms with Crippen molar-refractivity contribution in [1.29, 1.82) is 0 Å². The second-order valence-corrected chi connectivity index (χ2v) is 3.28. The Labute approximate surface area is 72.1 Å². The zero-order valence-corrected chi connectivity index (χ0v) is 7.12. The topological polar surface area (TPSA) is 75.4 Å². The van der Waals surface area contributed by atoms with Gasteiger partial charge in [0.1, 0.15) is 0 Å². The lowest BCUT2D eigenvalue weighted by atomic mass is 10.1. The number of carbonyl (C=O) groups excluding carboxylic acids is 1. The lowest BCUT2D eigenvalue weighted by molar-refractivity contribution is -0.121. The fraction of sp³-hybridized carbons (Fsp3) is 0.875. The molecule has 0 aromatic carbocycles. The molecule has 4 heteroatoms. The molecule has 1 rings (SSSR count). The summed E-state index contributed by atoms with van der Waals surface area (Å²) < 4.78 is 0. The van der Waals surface area contributed by atoms with Crippen molar-refractivity contribution in [3.63, 3.8) is 0 Å². The van der Waals surface area contributed by atoms with Gasteiger partial charge in [-0.05, 0) is 18.8 Å². The van der Waals surface area contributed by atoms with Gasteiger partial charge in [-0.3, -0.25) is 4.79 Å². The van der Waals surface area contributed by atoms with E-state index in [4.69, 9.17) is 10.8 Å². The number of hydrogen-bond acceptors (Lipinski definition) is 3. The van der Waals surface area contributed by atoms with Gasteiger partial charge in [0.05, 0.1) is 6.61 Å². The van der Waals surface area contributed by atoms with E-state index in [0.29, 0.717) is 18.9 Å². The van der Waals surface area contributed by atoms with Crippen molar-refractivity contribution in [3.8, 4) is 0 Å². The first-order chi connectivity index (χ1) is 5.74. The van der Waals surface area contributed by atoms with Crippen LogP contribution in [0.15, 0.2) is 0 Å². The monoisotopic (exact) mass is 172 g/mol. The highest BCUT2D eigenvalue weighted by atomic mass is 16.3. The molecular weight excluding hydrogens is 156 g/mol. The van der Waals surface area contributed by atoms with E-state index in [0.717, 1.165) is 12.8 Å². The Morgan fingerprint density at radius 1 is 1.67 bits per heavy atom. The van der Waals surface area contributed by atoms with E-state index in [1.807, 2.05) is 0 Å². The Hall–Kier alpha value is -0.610. The number of rotatable bonds is 5. The maximum Gasteiger partial charge on any atom is 0.221 e.